The SMILES string of the molecule is Cc1cc(C)cc(Oc2c[nH]nc2-c2ccc(O)cc2O)c1. The fraction of sp³-hybridized carbons (Fsp3) is 0.118. The molecule has 0 aliphatic heterocycles. The molecule has 2 aromatic carbocycles. The van der Waals surface area contributed by atoms with E-state index in [1.54, 1.807) is 12.3 Å². The number of phenols is 2. The van der Waals surface area contributed by atoms with Crippen molar-refractivity contribution < 1.29 is 14.9 Å². The lowest BCUT2D eigenvalue weighted by Crippen LogP contribution is -1.88. The molecule has 0 spiro atoms. The van der Waals surface area contributed by atoms with Gasteiger partial charge in [0.2, 0.25) is 0 Å². The quantitative estimate of drug-likeness (QED) is 0.685. The van der Waals surface area contributed by atoms with Gasteiger partial charge in [0.25, 0.3) is 0 Å². The van der Waals surface area contributed by atoms with Crippen LogP contribution in [0.5, 0.6) is 23.0 Å². The fourth-order valence-corrected chi connectivity index (χ4v) is 2.39. The molecule has 0 amide bonds. The zero-order valence-electron chi connectivity index (χ0n) is 12.3. The van der Waals surface area contributed by atoms with Crippen molar-refractivity contribution in [2.24, 2.45) is 0 Å². The monoisotopic (exact) mass is 296 g/mol. The Bertz CT molecular complexity index is 804. The number of nitrogens with zero attached hydrogens (tertiary/aromatic N) is 1. The van der Waals surface area contributed by atoms with Gasteiger partial charge in [-0.2, -0.15) is 5.10 Å². The maximum atomic E-state index is 9.97. The van der Waals surface area contributed by atoms with Crippen LogP contribution in [0, 0.1) is 13.8 Å². The normalized spacial score (nSPS) is 10.6. The van der Waals surface area contributed by atoms with Crippen LogP contribution in [-0.4, -0.2) is 20.4 Å². The minimum absolute atomic E-state index is 0.00596. The van der Waals surface area contributed by atoms with Gasteiger partial charge in [-0.3, -0.25) is 5.10 Å². The number of nitrogens with one attached hydrogen (secondary N) is 1. The predicted octanol–water partition coefficient (Wildman–Crippen LogP) is 3.90. The second-order valence-electron chi connectivity index (χ2n) is 5.23. The summed E-state index contributed by atoms with van der Waals surface area (Å²) in [6.45, 7) is 4.00. The first-order valence-corrected chi connectivity index (χ1v) is 6.85. The lowest BCUT2D eigenvalue weighted by molar-refractivity contribution is 0.450. The molecule has 0 saturated carbocycles. The molecular weight excluding hydrogens is 280 g/mol. The number of rotatable bonds is 3. The predicted molar refractivity (Wildman–Crippen MR) is 83.3 cm³/mol. The van der Waals surface area contributed by atoms with E-state index >= 15 is 0 Å². The van der Waals surface area contributed by atoms with Crippen LogP contribution in [0.25, 0.3) is 11.3 Å². The highest BCUT2D eigenvalue weighted by atomic mass is 16.5. The molecule has 0 aliphatic carbocycles. The van der Waals surface area contributed by atoms with E-state index < -0.39 is 0 Å². The molecular formula is C17H16N2O3. The lowest BCUT2D eigenvalue weighted by atomic mass is 10.1. The third kappa shape index (κ3) is 2.74. The van der Waals surface area contributed by atoms with E-state index in [1.807, 2.05) is 26.0 Å². The highest BCUT2D eigenvalue weighted by Crippen LogP contribution is 2.37. The van der Waals surface area contributed by atoms with Gasteiger partial charge in [0, 0.05) is 11.6 Å². The highest BCUT2D eigenvalue weighted by molar-refractivity contribution is 5.72. The fourth-order valence-electron chi connectivity index (χ4n) is 2.39. The molecule has 112 valence electrons. The molecule has 0 fully saturated rings. The largest absolute Gasteiger partial charge is 0.508 e. The van der Waals surface area contributed by atoms with Crippen LogP contribution in [0.1, 0.15) is 11.1 Å². The topological polar surface area (TPSA) is 78.4 Å². The van der Waals surface area contributed by atoms with Gasteiger partial charge < -0.3 is 14.9 Å². The van der Waals surface area contributed by atoms with Crippen LogP contribution >= 0.6 is 0 Å². The van der Waals surface area contributed by atoms with Gasteiger partial charge in [-0.1, -0.05) is 6.07 Å². The molecule has 0 unspecified atom stereocenters. The smallest absolute Gasteiger partial charge is 0.173 e. The molecule has 3 aromatic rings. The summed E-state index contributed by atoms with van der Waals surface area (Å²) in [4.78, 5) is 0. The van der Waals surface area contributed by atoms with E-state index in [0.717, 1.165) is 11.1 Å². The van der Waals surface area contributed by atoms with Gasteiger partial charge in [0.1, 0.15) is 22.9 Å². The van der Waals surface area contributed by atoms with Crippen molar-refractivity contribution in [3.05, 3.63) is 53.7 Å². The summed E-state index contributed by atoms with van der Waals surface area (Å²) in [6, 6.07) is 10.3. The van der Waals surface area contributed by atoms with Gasteiger partial charge in [-0.15, -0.1) is 0 Å². The van der Waals surface area contributed by atoms with Crippen molar-refractivity contribution in [2.75, 3.05) is 0 Å². The van der Waals surface area contributed by atoms with Crippen molar-refractivity contribution in [1.29, 1.82) is 0 Å². The van der Waals surface area contributed by atoms with Crippen LogP contribution < -0.4 is 4.74 Å². The van der Waals surface area contributed by atoms with Gasteiger partial charge in [0.05, 0.1) is 6.20 Å². The summed E-state index contributed by atoms with van der Waals surface area (Å²) >= 11 is 0. The van der Waals surface area contributed by atoms with E-state index in [-0.39, 0.29) is 11.5 Å². The Hall–Kier alpha value is -2.95. The molecule has 3 rings (SSSR count). The van der Waals surface area contributed by atoms with Crippen LogP contribution in [0.2, 0.25) is 0 Å². The van der Waals surface area contributed by atoms with E-state index in [9.17, 15) is 10.2 Å². The van der Waals surface area contributed by atoms with Gasteiger partial charge in [0.15, 0.2) is 5.75 Å². The summed E-state index contributed by atoms with van der Waals surface area (Å²) in [7, 11) is 0. The third-order valence-corrected chi connectivity index (χ3v) is 3.26. The van der Waals surface area contributed by atoms with E-state index in [1.165, 1.54) is 12.1 Å². The second-order valence-corrected chi connectivity index (χ2v) is 5.23. The van der Waals surface area contributed by atoms with Crippen molar-refractivity contribution in [2.45, 2.75) is 13.8 Å². The van der Waals surface area contributed by atoms with Crippen molar-refractivity contribution >= 4 is 0 Å². The number of ether oxygens (including phenoxy) is 1. The third-order valence-electron chi connectivity index (χ3n) is 3.26. The molecule has 3 N–H and O–H groups in total. The first-order chi connectivity index (χ1) is 10.5. The number of aromatic nitrogens is 2. The summed E-state index contributed by atoms with van der Waals surface area (Å²) in [5.74, 6) is 1.15. The second kappa shape index (κ2) is 5.44. The van der Waals surface area contributed by atoms with Crippen LogP contribution in [0.15, 0.2) is 42.6 Å². The molecule has 0 radical (unpaired) electrons. The Morgan fingerprint density at radius 3 is 2.41 bits per heavy atom. The summed E-state index contributed by atoms with van der Waals surface area (Å²) in [6.07, 6.45) is 1.62. The molecule has 1 heterocycles. The summed E-state index contributed by atoms with van der Waals surface area (Å²) < 4.78 is 5.88. The Kier molecular flexibility index (Phi) is 3.47. The number of hydrogen-bond acceptors (Lipinski definition) is 4. The number of aromatic amines is 1. The Labute approximate surface area is 127 Å². The van der Waals surface area contributed by atoms with Gasteiger partial charge in [-0.25, -0.2) is 0 Å². The average molecular weight is 296 g/mol. The molecule has 5 nitrogen and oxygen atoms in total. The maximum absolute atomic E-state index is 9.97. The Morgan fingerprint density at radius 2 is 1.73 bits per heavy atom. The average Bonchev–Trinajstić information content (AvgIpc) is 2.85. The molecule has 5 heteroatoms. The molecule has 0 saturated heterocycles. The molecule has 22 heavy (non-hydrogen) atoms. The maximum Gasteiger partial charge on any atom is 0.173 e. The van der Waals surface area contributed by atoms with Crippen molar-refractivity contribution in [3.63, 3.8) is 0 Å². The van der Waals surface area contributed by atoms with E-state index in [2.05, 4.69) is 16.3 Å². The van der Waals surface area contributed by atoms with Crippen LogP contribution in [-0.2, 0) is 0 Å². The minimum atomic E-state index is -0.0580. The Balaban J connectivity index is 1.98. The molecule has 1 aromatic heterocycles. The van der Waals surface area contributed by atoms with Crippen LogP contribution in [0.3, 0.4) is 0 Å². The Morgan fingerprint density at radius 1 is 1.00 bits per heavy atom. The number of phenolic OH excluding ortho intramolecular Hbond substituents is 2. The highest BCUT2D eigenvalue weighted by Gasteiger charge is 2.15. The van der Waals surface area contributed by atoms with Crippen LogP contribution in [0.4, 0.5) is 0 Å². The zero-order chi connectivity index (χ0) is 15.7. The van der Waals surface area contributed by atoms with Crippen molar-refractivity contribution in [3.8, 4) is 34.3 Å². The summed E-state index contributed by atoms with van der Waals surface area (Å²) in [5.41, 5.74) is 3.18. The minimum Gasteiger partial charge on any atom is -0.508 e. The molecule has 0 aliphatic rings. The van der Waals surface area contributed by atoms with E-state index in [0.29, 0.717) is 22.8 Å². The van der Waals surface area contributed by atoms with E-state index in [4.69, 9.17) is 4.74 Å². The summed E-state index contributed by atoms with van der Waals surface area (Å²) in [5, 5.41) is 26.2. The molecule has 0 atom stereocenters. The molecule has 0 bridgehead atoms. The lowest BCUT2D eigenvalue weighted by Gasteiger charge is -2.09. The number of aromatic hydroxyl groups is 2. The first kappa shape index (κ1) is 14.0. The number of benzene rings is 2. The number of H-pyrrole nitrogens is 1. The number of hydrogen-bond donors (Lipinski definition) is 3. The van der Waals surface area contributed by atoms with Crippen molar-refractivity contribution in [1.82, 2.24) is 10.2 Å². The van der Waals surface area contributed by atoms with Gasteiger partial charge >= 0.3 is 0 Å². The standard InChI is InChI=1S/C17H16N2O3/c1-10-5-11(2)7-13(6-10)22-16-9-18-19-17(16)14-4-3-12(20)8-15(14)21/h3-9,20-21H,1-2H3,(H,18,19). The van der Waals surface area contributed by atoms with Gasteiger partial charge in [-0.05, 0) is 49.2 Å². The first-order valence-electron chi connectivity index (χ1n) is 6.85. The zero-order valence-corrected chi connectivity index (χ0v) is 12.3. The number of aryl methyl sites for hydroxylation is 2.